The molecule has 1 amide bonds. The third-order valence-corrected chi connectivity index (χ3v) is 4.91. The molecule has 2 heterocycles. The molecule has 2 rings (SSSR count). The standard InChI is InChI=1S/C21H40N4O4/c1-5-22-19(23-11-12-24-20(26)29-21(2,3)4)25-13-9-17(10-14-25)28-16-18-8-6-7-15-27-18/h17-18H,5-16H2,1-4H3,(H,22,23)(H,24,26). The van der Waals surface area contributed by atoms with Gasteiger partial charge in [0.2, 0.25) is 0 Å². The number of carbonyl (C=O) groups is 1. The van der Waals surface area contributed by atoms with E-state index in [1.54, 1.807) is 0 Å². The lowest BCUT2D eigenvalue weighted by atomic mass is 10.1. The molecule has 8 nitrogen and oxygen atoms in total. The molecule has 0 spiro atoms. The summed E-state index contributed by atoms with van der Waals surface area (Å²) in [5.74, 6) is 0.896. The minimum absolute atomic E-state index is 0.276. The second kappa shape index (κ2) is 12.2. The predicted molar refractivity (Wildman–Crippen MR) is 114 cm³/mol. The maximum atomic E-state index is 11.7. The topological polar surface area (TPSA) is 84.4 Å². The summed E-state index contributed by atoms with van der Waals surface area (Å²) < 4.78 is 17.1. The summed E-state index contributed by atoms with van der Waals surface area (Å²) in [7, 11) is 0. The average Bonchev–Trinajstić information content (AvgIpc) is 2.69. The van der Waals surface area contributed by atoms with Crippen molar-refractivity contribution in [2.45, 2.75) is 77.6 Å². The number of nitrogens with one attached hydrogen (secondary N) is 2. The third kappa shape index (κ3) is 9.67. The Balaban J connectivity index is 1.69. The first-order chi connectivity index (χ1) is 13.9. The molecule has 0 radical (unpaired) electrons. The lowest BCUT2D eigenvalue weighted by Crippen LogP contribution is -2.47. The molecule has 0 aromatic carbocycles. The van der Waals surface area contributed by atoms with Gasteiger partial charge in [-0.3, -0.25) is 4.99 Å². The van der Waals surface area contributed by atoms with Gasteiger partial charge in [-0.15, -0.1) is 0 Å². The van der Waals surface area contributed by atoms with E-state index in [-0.39, 0.29) is 6.10 Å². The molecular weight excluding hydrogens is 372 g/mol. The van der Waals surface area contributed by atoms with Crippen LogP contribution in [-0.4, -0.2) is 80.7 Å². The highest BCUT2D eigenvalue weighted by Crippen LogP contribution is 2.18. The zero-order chi connectivity index (χ0) is 21.1. The number of amides is 1. The first-order valence-corrected chi connectivity index (χ1v) is 11.1. The van der Waals surface area contributed by atoms with Crippen LogP contribution in [0, 0.1) is 0 Å². The van der Waals surface area contributed by atoms with Crippen LogP contribution >= 0.6 is 0 Å². The van der Waals surface area contributed by atoms with E-state index in [4.69, 9.17) is 14.2 Å². The molecule has 2 aliphatic heterocycles. The smallest absolute Gasteiger partial charge is 0.407 e. The van der Waals surface area contributed by atoms with Crippen LogP contribution in [-0.2, 0) is 14.2 Å². The van der Waals surface area contributed by atoms with Gasteiger partial charge in [-0.05, 0) is 59.8 Å². The van der Waals surface area contributed by atoms with E-state index >= 15 is 0 Å². The Labute approximate surface area is 175 Å². The summed E-state index contributed by atoms with van der Waals surface area (Å²) in [6, 6.07) is 0. The van der Waals surface area contributed by atoms with Gasteiger partial charge in [0.25, 0.3) is 0 Å². The molecule has 0 saturated carbocycles. The van der Waals surface area contributed by atoms with Crippen LogP contribution < -0.4 is 10.6 Å². The van der Waals surface area contributed by atoms with Crippen LogP contribution in [0.2, 0.25) is 0 Å². The Hall–Kier alpha value is -1.54. The summed E-state index contributed by atoms with van der Waals surface area (Å²) in [5, 5.41) is 6.10. The molecule has 8 heteroatoms. The van der Waals surface area contributed by atoms with Gasteiger partial charge in [0.05, 0.1) is 25.4 Å². The molecule has 2 fully saturated rings. The quantitative estimate of drug-likeness (QED) is 0.380. The molecule has 2 saturated heterocycles. The lowest BCUT2D eigenvalue weighted by molar-refractivity contribution is -0.0721. The van der Waals surface area contributed by atoms with Gasteiger partial charge >= 0.3 is 6.09 Å². The maximum Gasteiger partial charge on any atom is 0.407 e. The van der Waals surface area contributed by atoms with Gasteiger partial charge in [0, 0.05) is 32.8 Å². The minimum atomic E-state index is -0.488. The van der Waals surface area contributed by atoms with Gasteiger partial charge in [-0.25, -0.2) is 4.79 Å². The van der Waals surface area contributed by atoms with Crippen molar-refractivity contribution in [3.05, 3.63) is 0 Å². The molecule has 2 N–H and O–H groups in total. The second-order valence-corrected chi connectivity index (χ2v) is 8.67. The van der Waals surface area contributed by atoms with E-state index in [0.29, 0.717) is 19.2 Å². The zero-order valence-electron chi connectivity index (χ0n) is 18.7. The van der Waals surface area contributed by atoms with E-state index in [2.05, 4.69) is 27.4 Å². The number of likely N-dealkylation sites (tertiary alicyclic amines) is 1. The third-order valence-electron chi connectivity index (χ3n) is 4.91. The maximum absolute atomic E-state index is 11.7. The molecule has 168 valence electrons. The van der Waals surface area contributed by atoms with Crippen LogP contribution in [0.4, 0.5) is 4.79 Å². The van der Waals surface area contributed by atoms with Crippen LogP contribution in [0.5, 0.6) is 0 Å². The number of guanidine groups is 1. The van der Waals surface area contributed by atoms with Gasteiger partial charge < -0.3 is 29.7 Å². The van der Waals surface area contributed by atoms with E-state index in [0.717, 1.165) is 58.1 Å². The van der Waals surface area contributed by atoms with Crippen LogP contribution in [0.1, 0.15) is 59.8 Å². The van der Waals surface area contributed by atoms with Crippen molar-refractivity contribution in [1.82, 2.24) is 15.5 Å². The lowest BCUT2D eigenvalue weighted by Gasteiger charge is -2.35. The summed E-state index contributed by atoms with van der Waals surface area (Å²) >= 11 is 0. The Morgan fingerprint density at radius 1 is 1.17 bits per heavy atom. The number of nitrogens with zero attached hydrogens (tertiary/aromatic N) is 2. The van der Waals surface area contributed by atoms with Crippen molar-refractivity contribution in [2.75, 3.05) is 45.9 Å². The SMILES string of the molecule is CCNC(=NCCNC(=O)OC(C)(C)C)N1CCC(OCC2CCCCO2)CC1. The van der Waals surface area contributed by atoms with Crippen molar-refractivity contribution in [3.63, 3.8) is 0 Å². The molecule has 0 aromatic rings. The minimum Gasteiger partial charge on any atom is -0.444 e. The largest absolute Gasteiger partial charge is 0.444 e. The number of carbonyl (C=O) groups excluding carboxylic acids is 1. The Kier molecular flexibility index (Phi) is 10.0. The van der Waals surface area contributed by atoms with Gasteiger partial charge in [0.1, 0.15) is 5.60 Å². The Morgan fingerprint density at radius 2 is 1.93 bits per heavy atom. The second-order valence-electron chi connectivity index (χ2n) is 8.67. The normalized spacial score (nSPS) is 21.7. The highest BCUT2D eigenvalue weighted by Gasteiger charge is 2.23. The average molecular weight is 413 g/mol. The van der Waals surface area contributed by atoms with Gasteiger partial charge in [0.15, 0.2) is 5.96 Å². The molecule has 0 aliphatic carbocycles. The fourth-order valence-electron chi connectivity index (χ4n) is 3.48. The summed E-state index contributed by atoms with van der Waals surface area (Å²) in [6.45, 7) is 12.8. The van der Waals surface area contributed by atoms with E-state index in [9.17, 15) is 4.79 Å². The predicted octanol–water partition coefficient (Wildman–Crippen LogP) is 2.53. The van der Waals surface area contributed by atoms with E-state index in [1.807, 2.05) is 20.8 Å². The molecule has 1 unspecified atom stereocenters. The highest BCUT2D eigenvalue weighted by molar-refractivity contribution is 5.80. The van der Waals surface area contributed by atoms with Crippen molar-refractivity contribution >= 4 is 12.1 Å². The zero-order valence-corrected chi connectivity index (χ0v) is 18.7. The van der Waals surface area contributed by atoms with Crippen molar-refractivity contribution in [1.29, 1.82) is 0 Å². The van der Waals surface area contributed by atoms with Crippen molar-refractivity contribution in [3.8, 4) is 0 Å². The Morgan fingerprint density at radius 3 is 2.55 bits per heavy atom. The summed E-state index contributed by atoms with van der Waals surface area (Å²) in [5.41, 5.74) is -0.488. The first-order valence-electron chi connectivity index (χ1n) is 11.1. The van der Waals surface area contributed by atoms with Crippen LogP contribution in [0.25, 0.3) is 0 Å². The molecule has 29 heavy (non-hydrogen) atoms. The summed E-state index contributed by atoms with van der Waals surface area (Å²) in [6.07, 6.45) is 5.70. The Bertz CT molecular complexity index is 507. The van der Waals surface area contributed by atoms with Crippen molar-refractivity contribution in [2.24, 2.45) is 4.99 Å². The fraction of sp³-hybridized carbons (Fsp3) is 0.905. The number of alkyl carbamates (subject to hydrolysis) is 1. The molecule has 2 aliphatic rings. The number of ether oxygens (including phenoxy) is 3. The van der Waals surface area contributed by atoms with Crippen molar-refractivity contribution < 1.29 is 19.0 Å². The highest BCUT2D eigenvalue weighted by atomic mass is 16.6. The molecule has 0 bridgehead atoms. The number of piperidine rings is 1. The van der Waals surface area contributed by atoms with Crippen LogP contribution in [0.15, 0.2) is 4.99 Å². The number of rotatable bonds is 7. The first kappa shape index (κ1) is 23.7. The molecular formula is C21H40N4O4. The van der Waals surface area contributed by atoms with Gasteiger partial charge in [-0.2, -0.15) is 0 Å². The van der Waals surface area contributed by atoms with E-state index in [1.165, 1.54) is 12.8 Å². The monoisotopic (exact) mass is 412 g/mol. The fourth-order valence-corrected chi connectivity index (χ4v) is 3.48. The van der Waals surface area contributed by atoms with E-state index < -0.39 is 11.7 Å². The van der Waals surface area contributed by atoms with Gasteiger partial charge in [-0.1, -0.05) is 0 Å². The van der Waals surface area contributed by atoms with Crippen LogP contribution in [0.3, 0.4) is 0 Å². The molecule has 0 aromatic heterocycles. The number of hydrogen-bond donors (Lipinski definition) is 2. The number of aliphatic imine (C=N–C) groups is 1. The number of hydrogen-bond acceptors (Lipinski definition) is 5. The molecule has 1 atom stereocenters. The summed E-state index contributed by atoms with van der Waals surface area (Å²) in [4.78, 5) is 18.6.